The monoisotopic (exact) mass is 565 g/mol. The predicted octanol–water partition coefficient (Wildman–Crippen LogP) is 2.48. The van der Waals surface area contributed by atoms with E-state index in [1.807, 2.05) is 30.3 Å². The molecule has 5 rings (SSSR count). The number of nitrogens with zero attached hydrogens (tertiary/aromatic N) is 2. The van der Waals surface area contributed by atoms with Gasteiger partial charge in [0.2, 0.25) is 10.0 Å². The van der Waals surface area contributed by atoms with E-state index < -0.39 is 22.0 Å². The van der Waals surface area contributed by atoms with E-state index in [-0.39, 0.29) is 41.7 Å². The number of amides is 2. The van der Waals surface area contributed by atoms with Crippen LogP contribution < -0.4 is 19.7 Å². The molecule has 0 saturated carbocycles. The maximum atomic E-state index is 13.9. The first kappa shape index (κ1) is 27.6. The highest BCUT2D eigenvalue weighted by molar-refractivity contribution is 7.89. The molecule has 11 heteroatoms. The Labute approximate surface area is 233 Å². The molecule has 0 aromatic heterocycles. The van der Waals surface area contributed by atoms with Crippen LogP contribution in [0.3, 0.4) is 0 Å². The fourth-order valence-electron chi connectivity index (χ4n) is 4.75. The van der Waals surface area contributed by atoms with Crippen LogP contribution >= 0.6 is 0 Å². The molecule has 0 bridgehead atoms. The summed E-state index contributed by atoms with van der Waals surface area (Å²) in [6, 6.07) is 21.1. The first-order chi connectivity index (χ1) is 19.4. The molecule has 0 radical (unpaired) electrons. The molecule has 2 aliphatic heterocycles. The van der Waals surface area contributed by atoms with Gasteiger partial charge in [-0.1, -0.05) is 42.5 Å². The molecule has 0 unspecified atom stereocenters. The Balaban J connectivity index is 1.38. The lowest BCUT2D eigenvalue weighted by atomic mass is 10.1. The van der Waals surface area contributed by atoms with Crippen LogP contribution in [0.2, 0.25) is 0 Å². The molecular weight excluding hydrogens is 534 g/mol. The van der Waals surface area contributed by atoms with Crippen molar-refractivity contribution in [3.05, 3.63) is 83.9 Å². The molecule has 1 saturated heterocycles. The van der Waals surface area contributed by atoms with E-state index in [1.54, 1.807) is 24.3 Å². The average Bonchev–Trinajstić information content (AvgIpc) is 3.00. The predicted molar refractivity (Wildman–Crippen MR) is 148 cm³/mol. The Kier molecular flexibility index (Phi) is 8.34. The van der Waals surface area contributed by atoms with E-state index in [4.69, 9.17) is 14.2 Å². The van der Waals surface area contributed by atoms with E-state index in [9.17, 15) is 18.0 Å². The summed E-state index contributed by atoms with van der Waals surface area (Å²) in [7, 11) is -2.56. The lowest BCUT2D eigenvalue weighted by molar-refractivity contribution is -0.127. The molecule has 2 aliphatic rings. The Morgan fingerprint density at radius 2 is 1.73 bits per heavy atom. The molecule has 0 aliphatic carbocycles. The van der Waals surface area contributed by atoms with Crippen molar-refractivity contribution in [2.75, 3.05) is 51.4 Å². The van der Waals surface area contributed by atoms with Crippen LogP contribution in [0.5, 0.6) is 11.5 Å². The van der Waals surface area contributed by atoms with E-state index in [0.29, 0.717) is 37.6 Å². The molecule has 1 N–H and O–H groups in total. The fraction of sp³-hybridized carbons (Fsp3) is 0.310. The summed E-state index contributed by atoms with van der Waals surface area (Å²) in [5.74, 6) is -0.270. The average molecular weight is 566 g/mol. The van der Waals surface area contributed by atoms with E-state index >= 15 is 0 Å². The number of morpholine rings is 1. The van der Waals surface area contributed by atoms with Crippen LogP contribution in [-0.2, 0) is 26.0 Å². The zero-order valence-electron chi connectivity index (χ0n) is 22.1. The number of rotatable bonds is 8. The molecule has 0 spiro atoms. The van der Waals surface area contributed by atoms with Crippen molar-refractivity contribution >= 4 is 27.5 Å². The Morgan fingerprint density at radius 1 is 1.00 bits per heavy atom. The van der Waals surface area contributed by atoms with Crippen LogP contribution in [-0.4, -0.2) is 77.1 Å². The number of hydrogen-bond acceptors (Lipinski definition) is 7. The molecule has 1 fully saturated rings. The quantitative estimate of drug-likeness (QED) is 0.446. The van der Waals surface area contributed by atoms with Gasteiger partial charge in [0.05, 0.1) is 32.6 Å². The summed E-state index contributed by atoms with van der Waals surface area (Å²) in [6.45, 7) is 1.38. The van der Waals surface area contributed by atoms with Gasteiger partial charge in [0.25, 0.3) is 11.8 Å². The molecule has 3 aromatic rings. The zero-order chi connectivity index (χ0) is 28.1. The number of sulfonamides is 1. The minimum atomic E-state index is -3.94. The summed E-state index contributed by atoms with van der Waals surface area (Å²) in [4.78, 5) is 28.3. The maximum absolute atomic E-state index is 13.9. The number of nitrogens with one attached hydrogen (secondary N) is 1. The number of carbonyl (C=O) groups excluding carboxylic acids is 2. The summed E-state index contributed by atoms with van der Waals surface area (Å²) in [5.41, 5.74) is 1.73. The number of para-hydroxylation sites is 2. The van der Waals surface area contributed by atoms with Crippen LogP contribution in [0.15, 0.2) is 77.7 Å². The number of carbonyl (C=O) groups is 2. The standard InChI is InChI=1S/C29H31N3O7S/c1-37-25-12-11-22(19-27(25)40(35,36)31-15-17-38-18-16-31)29(34)32-20-26(39-24-10-6-5-9-23(24)32)28(33)30-14-13-21-7-3-2-4-8-21/h2-12,19,26H,13-18,20H2,1H3,(H,30,33)/t26-/m1/s1. The Hall–Kier alpha value is -3.93. The second kappa shape index (κ2) is 12.1. The van der Waals surface area contributed by atoms with E-state index in [0.717, 1.165) is 5.56 Å². The third kappa shape index (κ3) is 5.81. The Bertz CT molecular complexity index is 1470. The van der Waals surface area contributed by atoms with E-state index in [2.05, 4.69) is 5.32 Å². The summed E-state index contributed by atoms with van der Waals surface area (Å²) in [5, 5.41) is 2.90. The molecule has 40 heavy (non-hydrogen) atoms. The topological polar surface area (TPSA) is 114 Å². The third-order valence-corrected chi connectivity index (χ3v) is 8.79. The van der Waals surface area contributed by atoms with Crippen molar-refractivity contribution in [3.8, 4) is 11.5 Å². The Morgan fingerprint density at radius 3 is 2.48 bits per heavy atom. The van der Waals surface area contributed by atoms with Crippen molar-refractivity contribution in [3.63, 3.8) is 0 Å². The molecule has 2 heterocycles. The number of ether oxygens (including phenoxy) is 3. The van der Waals surface area contributed by atoms with E-state index in [1.165, 1.54) is 34.5 Å². The van der Waals surface area contributed by atoms with Crippen molar-refractivity contribution in [2.45, 2.75) is 17.4 Å². The van der Waals surface area contributed by atoms with Crippen molar-refractivity contribution in [1.29, 1.82) is 0 Å². The van der Waals surface area contributed by atoms with Crippen LogP contribution in [0.25, 0.3) is 0 Å². The highest BCUT2D eigenvalue weighted by atomic mass is 32.2. The molecule has 210 valence electrons. The summed E-state index contributed by atoms with van der Waals surface area (Å²) >= 11 is 0. The van der Waals surface area contributed by atoms with Gasteiger partial charge in [-0.15, -0.1) is 0 Å². The summed E-state index contributed by atoms with van der Waals surface area (Å²) < 4.78 is 44.8. The van der Waals surface area contributed by atoms with Gasteiger partial charge in [-0.3, -0.25) is 9.59 Å². The van der Waals surface area contributed by atoms with Gasteiger partial charge in [-0.05, 0) is 42.3 Å². The summed E-state index contributed by atoms with van der Waals surface area (Å²) in [6.07, 6.45) is -0.283. The molecular formula is C29H31N3O7S. The number of fused-ring (bicyclic) bond motifs is 1. The van der Waals surface area contributed by atoms with Gasteiger partial charge >= 0.3 is 0 Å². The smallest absolute Gasteiger partial charge is 0.262 e. The second-order valence-corrected chi connectivity index (χ2v) is 11.3. The van der Waals surface area contributed by atoms with Gasteiger partial charge in [0.15, 0.2) is 6.10 Å². The SMILES string of the molecule is COc1ccc(C(=O)N2C[C@H](C(=O)NCCc3ccccc3)Oc3ccccc32)cc1S(=O)(=O)N1CCOCC1. The zero-order valence-corrected chi connectivity index (χ0v) is 22.9. The normalized spacial score (nSPS) is 17.4. The first-order valence-electron chi connectivity index (χ1n) is 13.0. The second-order valence-electron chi connectivity index (χ2n) is 9.40. The van der Waals surface area contributed by atoms with Gasteiger partial charge in [0.1, 0.15) is 16.4 Å². The van der Waals surface area contributed by atoms with Gasteiger partial charge < -0.3 is 24.4 Å². The minimum Gasteiger partial charge on any atom is -0.495 e. The fourth-order valence-corrected chi connectivity index (χ4v) is 6.33. The minimum absolute atomic E-state index is 0.0371. The molecule has 2 amide bonds. The molecule has 10 nitrogen and oxygen atoms in total. The molecule has 1 atom stereocenters. The number of methoxy groups -OCH3 is 1. The van der Waals surface area contributed by atoms with Gasteiger partial charge in [0, 0.05) is 25.2 Å². The molecule has 3 aromatic carbocycles. The van der Waals surface area contributed by atoms with Crippen LogP contribution in [0.4, 0.5) is 5.69 Å². The highest BCUT2D eigenvalue weighted by Crippen LogP contribution is 2.35. The highest BCUT2D eigenvalue weighted by Gasteiger charge is 2.35. The van der Waals surface area contributed by atoms with Gasteiger partial charge in [-0.25, -0.2) is 8.42 Å². The van der Waals surface area contributed by atoms with Crippen molar-refractivity contribution in [1.82, 2.24) is 9.62 Å². The maximum Gasteiger partial charge on any atom is 0.262 e. The number of anilines is 1. The van der Waals surface area contributed by atoms with Crippen LogP contribution in [0, 0.1) is 0 Å². The van der Waals surface area contributed by atoms with Crippen molar-refractivity contribution < 1.29 is 32.2 Å². The van der Waals surface area contributed by atoms with Crippen molar-refractivity contribution in [2.24, 2.45) is 0 Å². The first-order valence-corrected chi connectivity index (χ1v) is 14.5. The van der Waals surface area contributed by atoms with Gasteiger partial charge in [-0.2, -0.15) is 4.31 Å². The third-order valence-electron chi connectivity index (χ3n) is 6.87. The number of benzene rings is 3. The lowest BCUT2D eigenvalue weighted by Gasteiger charge is -2.34. The largest absolute Gasteiger partial charge is 0.495 e. The lowest BCUT2D eigenvalue weighted by Crippen LogP contribution is -2.51. The van der Waals surface area contributed by atoms with Crippen LogP contribution in [0.1, 0.15) is 15.9 Å². The number of hydrogen-bond donors (Lipinski definition) is 1.